The molecule has 0 radical (unpaired) electrons. The highest BCUT2D eigenvalue weighted by Crippen LogP contribution is 2.37. The van der Waals surface area contributed by atoms with Crippen LogP contribution < -0.4 is 14.9 Å². The van der Waals surface area contributed by atoms with Gasteiger partial charge in [0.1, 0.15) is 11.6 Å². The van der Waals surface area contributed by atoms with E-state index in [0.717, 1.165) is 13.0 Å². The molecule has 0 bridgehead atoms. The lowest BCUT2D eigenvalue weighted by Crippen LogP contribution is -2.42. The van der Waals surface area contributed by atoms with E-state index in [1.54, 1.807) is 42.3 Å². The molecule has 38 heavy (non-hydrogen) atoms. The Hall–Kier alpha value is -3.41. The molecule has 206 valence electrons. The average Bonchev–Trinajstić information content (AvgIpc) is 3.16. The number of rotatable bonds is 7. The van der Waals surface area contributed by atoms with Gasteiger partial charge in [0.2, 0.25) is 0 Å². The van der Waals surface area contributed by atoms with Gasteiger partial charge in [-0.25, -0.2) is 19.5 Å². The minimum Gasteiger partial charge on any atom is -0.450 e. The number of sulfonamides is 1. The van der Waals surface area contributed by atoms with E-state index in [1.807, 2.05) is 0 Å². The number of pyridine rings is 2. The number of nitrogens with zero attached hydrogens (tertiary/aromatic N) is 4. The molecular weight excluding hydrogens is 508 g/mol. The van der Waals surface area contributed by atoms with Crippen molar-refractivity contribution in [3.63, 3.8) is 0 Å². The van der Waals surface area contributed by atoms with E-state index < -0.39 is 15.9 Å². The lowest BCUT2D eigenvalue weighted by Gasteiger charge is -2.33. The molecule has 2 aliphatic rings. The summed E-state index contributed by atoms with van der Waals surface area (Å²) in [7, 11) is -4.24. The highest BCUT2D eigenvalue weighted by molar-refractivity contribution is 7.90. The Morgan fingerprint density at radius 1 is 1.16 bits per heavy atom. The van der Waals surface area contributed by atoms with Crippen LogP contribution in [0.15, 0.2) is 41.6 Å². The summed E-state index contributed by atoms with van der Waals surface area (Å²) in [6, 6.07) is 7.82. The van der Waals surface area contributed by atoms with Crippen LogP contribution in [0.1, 0.15) is 57.3 Å². The van der Waals surface area contributed by atoms with Gasteiger partial charge in [-0.2, -0.15) is 8.42 Å². The molecule has 2 amide bonds. The van der Waals surface area contributed by atoms with Crippen LogP contribution in [0.2, 0.25) is 0 Å². The van der Waals surface area contributed by atoms with Crippen LogP contribution in [0, 0.1) is 5.92 Å². The highest BCUT2D eigenvalue weighted by atomic mass is 32.2. The average molecular weight is 545 g/mol. The molecule has 12 heteroatoms. The van der Waals surface area contributed by atoms with Crippen LogP contribution in [-0.2, 0) is 14.8 Å². The Morgan fingerprint density at radius 3 is 2.55 bits per heavy atom. The maximum absolute atomic E-state index is 13.2. The molecule has 2 fully saturated rings. The lowest BCUT2D eigenvalue weighted by atomic mass is 9.97. The molecule has 11 nitrogen and oxygen atoms in total. The van der Waals surface area contributed by atoms with E-state index in [4.69, 9.17) is 4.74 Å². The van der Waals surface area contributed by atoms with E-state index in [2.05, 4.69) is 45.7 Å². The number of hydrogen-bond donors (Lipinski definition) is 2. The Morgan fingerprint density at radius 2 is 1.89 bits per heavy atom. The first-order valence-corrected chi connectivity index (χ1v) is 14.4. The second-order valence-electron chi connectivity index (χ2n) is 10.5. The fraction of sp³-hybridized carbons (Fsp3) is 0.538. The van der Waals surface area contributed by atoms with Crippen molar-refractivity contribution >= 4 is 33.7 Å². The predicted octanol–water partition coefficient (Wildman–Crippen LogP) is 3.25. The van der Waals surface area contributed by atoms with Crippen LogP contribution in [0.3, 0.4) is 0 Å². The Bertz CT molecular complexity index is 1280. The van der Waals surface area contributed by atoms with E-state index in [-0.39, 0.29) is 28.3 Å². The third-order valence-electron chi connectivity index (χ3n) is 6.96. The largest absolute Gasteiger partial charge is 0.450 e. The summed E-state index contributed by atoms with van der Waals surface area (Å²) in [6.45, 7) is 10.2. The number of amides is 2. The van der Waals surface area contributed by atoms with Crippen molar-refractivity contribution in [3.05, 3.63) is 42.1 Å². The molecule has 0 aliphatic carbocycles. The molecule has 0 aromatic carbocycles. The SMILES string of the molecule is CCOC(=O)N1CCC(Nc2cccc(S(=O)(=O)NC(=O)c3cccnc3N3CC(C)CC3(C)C)n2)CC1. The summed E-state index contributed by atoms with van der Waals surface area (Å²) < 4.78 is 33.5. The zero-order valence-electron chi connectivity index (χ0n) is 22.3. The summed E-state index contributed by atoms with van der Waals surface area (Å²) in [5, 5.41) is 2.98. The predicted molar refractivity (Wildman–Crippen MR) is 144 cm³/mol. The monoisotopic (exact) mass is 544 g/mol. The van der Waals surface area contributed by atoms with Gasteiger partial charge in [0.15, 0.2) is 5.03 Å². The van der Waals surface area contributed by atoms with Gasteiger partial charge in [0.05, 0.1) is 12.2 Å². The van der Waals surface area contributed by atoms with Crippen molar-refractivity contribution in [3.8, 4) is 0 Å². The minimum atomic E-state index is -4.24. The molecule has 0 saturated carbocycles. The zero-order valence-corrected chi connectivity index (χ0v) is 23.1. The lowest BCUT2D eigenvalue weighted by molar-refractivity contribution is 0.0973. The third kappa shape index (κ3) is 6.17. The van der Waals surface area contributed by atoms with Crippen molar-refractivity contribution < 1.29 is 22.7 Å². The normalized spacial score (nSPS) is 19.7. The number of ether oxygens (including phenoxy) is 1. The summed E-state index contributed by atoms with van der Waals surface area (Å²) >= 11 is 0. The third-order valence-corrected chi connectivity index (χ3v) is 8.19. The maximum atomic E-state index is 13.2. The summed E-state index contributed by atoms with van der Waals surface area (Å²) in [5.41, 5.74) is -0.0173. The number of likely N-dealkylation sites (tertiary alicyclic amines) is 1. The van der Waals surface area contributed by atoms with Crippen LogP contribution in [-0.4, -0.2) is 73.1 Å². The minimum absolute atomic E-state index is 0.0184. The molecule has 4 heterocycles. The van der Waals surface area contributed by atoms with Gasteiger partial charge in [-0.15, -0.1) is 0 Å². The van der Waals surface area contributed by atoms with Crippen molar-refractivity contribution in [1.82, 2.24) is 19.6 Å². The Labute approximate surface area is 224 Å². The van der Waals surface area contributed by atoms with E-state index in [0.29, 0.717) is 50.1 Å². The fourth-order valence-electron chi connectivity index (χ4n) is 5.25. The first kappa shape index (κ1) is 27.6. The quantitative estimate of drug-likeness (QED) is 0.539. The summed E-state index contributed by atoms with van der Waals surface area (Å²) in [4.78, 5) is 37.5. The molecule has 1 atom stereocenters. The molecule has 2 aromatic rings. The van der Waals surface area contributed by atoms with Crippen molar-refractivity contribution in [1.29, 1.82) is 0 Å². The zero-order chi connectivity index (χ0) is 27.5. The van der Waals surface area contributed by atoms with Crippen LogP contribution in [0.25, 0.3) is 0 Å². The van der Waals surface area contributed by atoms with Gasteiger partial charge in [0.25, 0.3) is 15.9 Å². The Balaban J connectivity index is 1.45. The smallest absolute Gasteiger partial charge is 0.409 e. The Kier molecular flexibility index (Phi) is 8.10. The number of piperidine rings is 1. The van der Waals surface area contributed by atoms with Crippen LogP contribution in [0.4, 0.5) is 16.4 Å². The van der Waals surface area contributed by atoms with Gasteiger partial charge >= 0.3 is 6.09 Å². The van der Waals surface area contributed by atoms with E-state index in [9.17, 15) is 18.0 Å². The molecule has 2 saturated heterocycles. The fourth-order valence-corrected chi connectivity index (χ4v) is 6.19. The number of hydrogen-bond acceptors (Lipinski definition) is 9. The molecule has 2 aromatic heterocycles. The van der Waals surface area contributed by atoms with Gasteiger partial charge in [0, 0.05) is 37.4 Å². The number of carbonyl (C=O) groups is 2. The first-order valence-electron chi connectivity index (χ1n) is 13.0. The number of aromatic nitrogens is 2. The molecule has 0 spiro atoms. The number of nitrogens with one attached hydrogen (secondary N) is 2. The van der Waals surface area contributed by atoms with Crippen LogP contribution in [0.5, 0.6) is 0 Å². The molecule has 1 unspecified atom stereocenters. The summed E-state index contributed by atoms with van der Waals surface area (Å²) in [6.07, 6.45) is 3.56. The van der Waals surface area contributed by atoms with Gasteiger partial charge in [-0.3, -0.25) is 4.79 Å². The molecule has 2 N–H and O–H groups in total. The molecule has 2 aliphatic heterocycles. The second-order valence-corrected chi connectivity index (χ2v) is 12.1. The van der Waals surface area contributed by atoms with E-state index in [1.165, 1.54) is 6.07 Å². The van der Waals surface area contributed by atoms with Crippen molar-refractivity contribution in [2.75, 3.05) is 36.5 Å². The second kappa shape index (κ2) is 11.1. The first-order chi connectivity index (χ1) is 18.0. The van der Waals surface area contributed by atoms with Gasteiger partial charge in [-0.05, 0) is 70.2 Å². The number of anilines is 2. The van der Waals surface area contributed by atoms with Crippen LogP contribution >= 0.6 is 0 Å². The van der Waals surface area contributed by atoms with Gasteiger partial charge in [-0.1, -0.05) is 13.0 Å². The van der Waals surface area contributed by atoms with Crippen molar-refractivity contribution in [2.24, 2.45) is 5.92 Å². The molecule has 4 rings (SSSR count). The maximum Gasteiger partial charge on any atom is 0.409 e. The summed E-state index contributed by atoms with van der Waals surface area (Å²) in [5.74, 6) is 0.510. The molecular formula is C26H36N6O5S. The van der Waals surface area contributed by atoms with E-state index >= 15 is 0 Å². The van der Waals surface area contributed by atoms with Gasteiger partial charge < -0.3 is 19.9 Å². The number of carbonyl (C=O) groups excluding carboxylic acids is 2. The highest BCUT2D eigenvalue weighted by Gasteiger charge is 2.39. The van der Waals surface area contributed by atoms with Crippen molar-refractivity contribution in [2.45, 2.75) is 63.6 Å². The topological polar surface area (TPSA) is 134 Å². The standard InChI is InChI=1S/C26H36N6O5S/c1-5-37-25(34)31-14-11-19(12-15-31)28-21-9-6-10-22(29-21)38(35,36)30-24(33)20-8-7-13-27-23(20)32-17-18(2)16-26(32,3)4/h6-10,13,18-19H,5,11-12,14-17H2,1-4H3,(H,28,29)(H,30,33).